The van der Waals surface area contributed by atoms with Gasteiger partial charge in [-0.2, -0.15) is 0 Å². The van der Waals surface area contributed by atoms with Gasteiger partial charge >= 0.3 is 0 Å². The summed E-state index contributed by atoms with van der Waals surface area (Å²) in [6.45, 7) is 0. The van der Waals surface area contributed by atoms with Gasteiger partial charge in [-0.15, -0.1) is 11.3 Å². The molecule has 1 aliphatic heterocycles. The summed E-state index contributed by atoms with van der Waals surface area (Å²) >= 11 is 3.66. The van der Waals surface area contributed by atoms with Crippen molar-refractivity contribution in [2.24, 2.45) is 0 Å². The highest BCUT2D eigenvalue weighted by molar-refractivity contribution is 7.99. The van der Waals surface area contributed by atoms with Crippen molar-refractivity contribution in [2.45, 2.75) is 15.3 Å². The molecule has 0 N–H and O–H groups in total. The van der Waals surface area contributed by atoms with E-state index >= 15 is 0 Å². The molecule has 11 rings (SSSR count). The molecule has 1 spiro atoms. The molecule has 0 bridgehead atoms. The number of rotatable bonds is 2. The average Bonchev–Trinajstić information content (AvgIpc) is 3.65. The second-order valence-electron chi connectivity index (χ2n) is 12.9. The van der Waals surface area contributed by atoms with Crippen molar-refractivity contribution in [3.8, 4) is 22.4 Å². The predicted octanol–water partition coefficient (Wildman–Crippen LogP) is 12.2. The van der Waals surface area contributed by atoms with Crippen molar-refractivity contribution in [2.75, 3.05) is 4.90 Å². The molecule has 2 aliphatic rings. The zero-order valence-electron chi connectivity index (χ0n) is 26.7. The third-order valence-electron chi connectivity index (χ3n) is 10.3. The van der Waals surface area contributed by atoms with Gasteiger partial charge in [-0.1, -0.05) is 145 Å². The monoisotopic (exact) mass is 673 g/mol. The first-order valence-electron chi connectivity index (χ1n) is 16.8. The lowest BCUT2D eigenvalue weighted by atomic mass is 9.78. The number of aromatic nitrogens is 2. The van der Waals surface area contributed by atoms with Crippen molar-refractivity contribution < 1.29 is 0 Å². The van der Waals surface area contributed by atoms with Crippen LogP contribution in [0.15, 0.2) is 174 Å². The highest BCUT2D eigenvalue weighted by Crippen LogP contribution is 2.62. The smallest absolute Gasteiger partial charge is 0.232 e. The number of anilines is 2. The van der Waals surface area contributed by atoms with Crippen LogP contribution in [-0.4, -0.2) is 9.97 Å². The fourth-order valence-electron chi connectivity index (χ4n) is 8.31. The van der Waals surface area contributed by atoms with E-state index in [1.54, 1.807) is 0 Å². The van der Waals surface area contributed by atoms with Crippen LogP contribution in [0, 0.1) is 0 Å². The van der Waals surface area contributed by atoms with Crippen LogP contribution < -0.4 is 4.90 Å². The van der Waals surface area contributed by atoms with Crippen LogP contribution in [0.3, 0.4) is 0 Å². The number of hydrogen-bond donors (Lipinski definition) is 0. The summed E-state index contributed by atoms with van der Waals surface area (Å²) in [4.78, 5) is 16.0. The van der Waals surface area contributed by atoms with Crippen molar-refractivity contribution in [1.29, 1.82) is 0 Å². The van der Waals surface area contributed by atoms with Crippen LogP contribution in [0.1, 0.15) is 16.7 Å². The number of para-hydroxylation sites is 2. The molecule has 9 aromatic rings. The van der Waals surface area contributed by atoms with Crippen molar-refractivity contribution in [3.63, 3.8) is 0 Å². The minimum Gasteiger partial charge on any atom is -0.291 e. The van der Waals surface area contributed by atoms with Gasteiger partial charge in [0.25, 0.3) is 0 Å². The van der Waals surface area contributed by atoms with Crippen molar-refractivity contribution in [1.82, 2.24) is 9.97 Å². The minimum absolute atomic E-state index is 0.674. The molecule has 234 valence electrons. The zero-order chi connectivity index (χ0) is 32.8. The quantitative estimate of drug-likeness (QED) is 0.183. The second-order valence-corrected chi connectivity index (χ2v) is 15.0. The molecule has 0 saturated heterocycles. The van der Waals surface area contributed by atoms with E-state index in [1.165, 1.54) is 57.8 Å². The van der Waals surface area contributed by atoms with Gasteiger partial charge in [-0.05, 0) is 52.6 Å². The summed E-state index contributed by atoms with van der Waals surface area (Å²) in [6, 6.07) is 59.2. The lowest BCUT2D eigenvalue weighted by Crippen LogP contribution is -2.45. The molecule has 0 fully saturated rings. The van der Waals surface area contributed by atoms with Gasteiger partial charge in [-0.25, -0.2) is 9.97 Å². The first-order chi connectivity index (χ1) is 24.8. The molecule has 5 heteroatoms. The summed E-state index contributed by atoms with van der Waals surface area (Å²) < 4.78 is 2.52. The molecular formula is C45H27N3S2. The van der Waals surface area contributed by atoms with Gasteiger partial charge in [0.2, 0.25) is 5.95 Å². The molecule has 0 atom stereocenters. The molecule has 0 amide bonds. The third kappa shape index (κ3) is 3.76. The summed E-state index contributed by atoms with van der Waals surface area (Å²) in [6.07, 6.45) is 0. The summed E-state index contributed by atoms with van der Waals surface area (Å²) in [7, 11) is 0. The molecule has 2 aromatic heterocycles. The average molecular weight is 674 g/mol. The Morgan fingerprint density at radius 3 is 1.88 bits per heavy atom. The van der Waals surface area contributed by atoms with Gasteiger partial charge in [0.15, 0.2) is 0 Å². The molecular weight excluding hydrogens is 647 g/mol. The van der Waals surface area contributed by atoms with Gasteiger partial charge in [-0.3, -0.25) is 4.90 Å². The van der Waals surface area contributed by atoms with E-state index < -0.39 is 5.54 Å². The fraction of sp³-hybridized carbons (Fsp3) is 0.0222. The maximum absolute atomic E-state index is 5.71. The van der Waals surface area contributed by atoms with Crippen LogP contribution in [0.5, 0.6) is 0 Å². The SMILES string of the molecule is c1ccc2c(c1)Sc1ccccc1C1(c3ccccc3-c3ccccc31)N2c1nc(-c2cccc3c2sc2ccccc23)c2ccccc2n1. The topological polar surface area (TPSA) is 29.0 Å². The molecule has 7 aromatic carbocycles. The third-order valence-corrected chi connectivity index (χ3v) is 12.7. The number of benzene rings is 7. The Hall–Kier alpha value is -5.75. The first-order valence-corrected chi connectivity index (χ1v) is 18.5. The lowest BCUT2D eigenvalue weighted by molar-refractivity contribution is 0.618. The Labute approximate surface area is 297 Å². The van der Waals surface area contributed by atoms with Crippen LogP contribution in [0.2, 0.25) is 0 Å². The van der Waals surface area contributed by atoms with Gasteiger partial charge in [0, 0.05) is 46.5 Å². The van der Waals surface area contributed by atoms with Crippen LogP contribution in [0.25, 0.3) is 53.5 Å². The Morgan fingerprint density at radius 1 is 0.460 bits per heavy atom. The summed E-state index contributed by atoms with van der Waals surface area (Å²) in [5.74, 6) is 0.674. The van der Waals surface area contributed by atoms with E-state index in [0.29, 0.717) is 5.95 Å². The Morgan fingerprint density at radius 2 is 1.06 bits per heavy atom. The van der Waals surface area contributed by atoms with Crippen LogP contribution >= 0.6 is 23.1 Å². The second kappa shape index (κ2) is 10.6. The Balaban J connectivity index is 1.30. The molecule has 1 aliphatic carbocycles. The van der Waals surface area contributed by atoms with Crippen molar-refractivity contribution in [3.05, 3.63) is 180 Å². The highest BCUT2D eigenvalue weighted by atomic mass is 32.2. The van der Waals surface area contributed by atoms with E-state index in [0.717, 1.165) is 27.8 Å². The van der Waals surface area contributed by atoms with E-state index in [4.69, 9.17) is 9.97 Å². The van der Waals surface area contributed by atoms with E-state index in [-0.39, 0.29) is 0 Å². The molecule has 50 heavy (non-hydrogen) atoms. The minimum atomic E-state index is -0.729. The molecule has 0 unspecified atom stereocenters. The van der Waals surface area contributed by atoms with E-state index in [1.807, 2.05) is 23.1 Å². The number of hydrogen-bond acceptors (Lipinski definition) is 5. The number of nitrogens with zero attached hydrogens (tertiary/aromatic N) is 3. The summed E-state index contributed by atoms with van der Waals surface area (Å²) in [5.41, 5.74) is 9.52. The number of fused-ring (bicyclic) bond motifs is 12. The Kier molecular flexibility index (Phi) is 5.98. The maximum Gasteiger partial charge on any atom is 0.232 e. The molecule has 0 saturated carbocycles. The van der Waals surface area contributed by atoms with Gasteiger partial charge in [0.1, 0.15) is 5.54 Å². The Bertz CT molecular complexity index is 2790. The van der Waals surface area contributed by atoms with E-state index in [9.17, 15) is 0 Å². The summed E-state index contributed by atoms with van der Waals surface area (Å²) in [5, 5.41) is 3.58. The number of thiophene rings is 1. The largest absolute Gasteiger partial charge is 0.291 e. The molecule has 3 heterocycles. The standard InChI is InChI=1S/C45H27N3S2/c1-5-20-34-28(14-1)29-15-2-6-21-35(29)45(34)36-22-7-11-26-40(36)49-41-27-12-9-24-38(41)48(45)44-46-37-23-8-3-17-32(37)42(47-44)33-19-13-18-31-30-16-4-10-25-39(30)50-43(31)33/h1-27H. The van der Waals surface area contributed by atoms with E-state index in [2.05, 4.69) is 169 Å². The molecule has 3 nitrogen and oxygen atoms in total. The van der Waals surface area contributed by atoms with Gasteiger partial charge < -0.3 is 0 Å². The van der Waals surface area contributed by atoms with Crippen molar-refractivity contribution >= 4 is 65.8 Å². The normalized spacial score (nSPS) is 14.0. The van der Waals surface area contributed by atoms with Gasteiger partial charge in [0.05, 0.1) is 16.9 Å². The predicted molar refractivity (Wildman–Crippen MR) is 209 cm³/mol. The van der Waals surface area contributed by atoms with Crippen LogP contribution in [0.4, 0.5) is 11.6 Å². The highest BCUT2D eigenvalue weighted by Gasteiger charge is 2.53. The van der Waals surface area contributed by atoms with Crippen LogP contribution in [-0.2, 0) is 5.54 Å². The first kappa shape index (κ1) is 28.1. The lowest BCUT2D eigenvalue weighted by Gasteiger charge is -2.43. The molecule has 0 radical (unpaired) electrons. The zero-order valence-corrected chi connectivity index (χ0v) is 28.4. The fourth-order valence-corrected chi connectivity index (χ4v) is 10.6. The maximum atomic E-state index is 5.71.